The van der Waals surface area contributed by atoms with E-state index in [1.165, 1.54) is 4.57 Å². The summed E-state index contributed by atoms with van der Waals surface area (Å²) in [5.41, 5.74) is 0.218. The third-order valence-corrected chi connectivity index (χ3v) is 5.98. The Kier molecular flexibility index (Phi) is 9.25. The maximum absolute atomic E-state index is 13.2. The van der Waals surface area contributed by atoms with Crippen molar-refractivity contribution in [1.82, 2.24) is 19.8 Å². The van der Waals surface area contributed by atoms with Crippen molar-refractivity contribution >= 4 is 34.3 Å². The van der Waals surface area contributed by atoms with Gasteiger partial charge in [0.1, 0.15) is 6.54 Å². The van der Waals surface area contributed by atoms with Crippen molar-refractivity contribution in [2.45, 2.75) is 52.7 Å². The van der Waals surface area contributed by atoms with Gasteiger partial charge in [-0.25, -0.2) is 4.79 Å². The highest BCUT2D eigenvalue weighted by Crippen LogP contribution is 2.14. The highest BCUT2D eigenvalue weighted by molar-refractivity contribution is 6.31. The van der Waals surface area contributed by atoms with Crippen molar-refractivity contribution in [3.05, 3.63) is 80.0 Å². The number of carbonyl (C=O) groups excluding carboxylic acids is 2. The van der Waals surface area contributed by atoms with Gasteiger partial charge in [0.15, 0.2) is 0 Å². The highest BCUT2D eigenvalue weighted by Gasteiger charge is 2.15. The molecule has 3 aromatic rings. The molecule has 0 atom stereocenters. The molecule has 3 rings (SSSR count). The molecule has 2 N–H and O–H groups in total. The van der Waals surface area contributed by atoms with E-state index in [0.717, 1.165) is 10.1 Å². The Balaban J connectivity index is 1.73. The Labute approximate surface area is 208 Å². The quantitative estimate of drug-likeness (QED) is 0.396. The molecular formula is C26H31ClN4O4. The van der Waals surface area contributed by atoms with E-state index in [1.807, 2.05) is 26.0 Å². The standard InChI is InChI=1S/C26H31ClN4O4/c1-18(2)15-28-23(32)13-7-8-14-30-25(34)20-10-4-6-12-22(20)31(26(30)35)17-24(33)29-16-19-9-3-5-11-21(19)27/h3-6,9-12,18H,7-8,13-17H2,1-2H3,(H,28,32)(H,29,33). The molecule has 35 heavy (non-hydrogen) atoms. The Bertz CT molecular complexity index is 1310. The zero-order chi connectivity index (χ0) is 25.4. The number of rotatable bonds is 11. The van der Waals surface area contributed by atoms with Gasteiger partial charge in [0.05, 0.1) is 10.9 Å². The first-order valence-corrected chi connectivity index (χ1v) is 12.1. The van der Waals surface area contributed by atoms with Crippen molar-refractivity contribution in [3.63, 3.8) is 0 Å². The number of halogens is 1. The molecule has 1 aromatic heterocycles. The average molecular weight is 499 g/mol. The number of benzene rings is 2. The van der Waals surface area contributed by atoms with Gasteiger partial charge < -0.3 is 10.6 Å². The van der Waals surface area contributed by atoms with Crippen LogP contribution in [-0.2, 0) is 29.2 Å². The van der Waals surface area contributed by atoms with Gasteiger partial charge in [-0.05, 0) is 42.5 Å². The number of aromatic nitrogens is 2. The van der Waals surface area contributed by atoms with Crippen LogP contribution in [0, 0.1) is 5.92 Å². The molecule has 0 bridgehead atoms. The largest absolute Gasteiger partial charge is 0.356 e. The number of unbranched alkanes of at least 4 members (excludes halogenated alkanes) is 1. The van der Waals surface area contributed by atoms with Crippen LogP contribution in [0.1, 0.15) is 38.7 Å². The van der Waals surface area contributed by atoms with Crippen LogP contribution in [0.2, 0.25) is 5.02 Å². The van der Waals surface area contributed by atoms with Gasteiger partial charge in [-0.15, -0.1) is 0 Å². The van der Waals surface area contributed by atoms with E-state index in [2.05, 4.69) is 10.6 Å². The van der Waals surface area contributed by atoms with Gasteiger partial charge in [-0.1, -0.05) is 55.8 Å². The molecule has 0 saturated heterocycles. The Morgan fingerprint density at radius 3 is 2.37 bits per heavy atom. The fourth-order valence-corrected chi connectivity index (χ4v) is 3.92. The predicted molar refractivity (Wildman–Crippen MR) is 137 cm³/mol. The van der Waals surface area contributed by atoms with Crippen LogP contribution in [0.25, 0.3) is 10.9 Å². The molecule has 0 saturated carbocycles. The van der Waals surface area contributed by atoms with E-state index >= 15 is 0 Å². The molecule has 0 unspecified atom stereocenters. The summed E-state index contributed by atoms with van der Waals surface area (Å²) in [4.78, 5) is 50.8. The Morgan fingerprint density at radius 1 is 0.914 bits per heavy atom. The van der Waals surface area contributed by atoms with E-state index in [9.17, 15) is 19.2 Å². The summed E-state index contributed by atoms with van der Waals surface area (Å²) in [6.07, 6.45) is 1.36. The summed E-state index contributed by atoms with van der Waals surface area (Å²) in [5.74, 6) is -0.0446. The summed E-state index contributed by atoms with van der Waals surface area (Å²) in [7, 11) is 0. The summed E-state index contributed by atoms with van der Waals surface area (Å²) < 4.78 is 2.46. The van der Waals surface area contributed by atoms with Crippen LogP contribution < -0.4 is 21.9 Å². The summed E-state index contributed by atoms with van der Waals surface area (Å²) in [5, 5.41) is 6.55. The first-order chi connectivity index (χ1) is 16.8. The lowest BCUT2D eigenvalue weighted by Crippen LogP contribution is -2.42. The minimum absolute atomic E-state index is 0.0443. The lowest BCUT2D eigenvalue weighted by molar-refractivity contribution is -0.122. The van der Waals surface area contributed by atoms with Gasteiger partial charge in [0.25, 0.3) is 5.56 Å². The fraction of sp³-hybridized carbons (Fsp3) is 0.385. The molecule has 2 aromatic carbocycles. The molecular weight excluding hydrogens is 468 g/mol. The summed E-state index contributed by atoms with van der Waals surface area (Å²) in [6.45, 7) is 4.82. The molecule has 0 spiro atoms. The van der Waals surface area contributed by atoms with Crippen LogP contribution in [-0.4, -0.2) is 27.5 Å². The van der Waals surface area contributed by atoms with Crippen LogP contribution in [0.15, 0.2) is 58.1 Å². The maximum Gasteiger partial charge on any atom is 0.331 e. The fourth-order valence-electron chi connectivity index (χ4n) is 3.72. The third kappa shape index (κ3) is 7.05. The number of hydrogen-bond donors (Lipinski definition) is 2. The van der Waals surface area contributed by atoms with E-state index in [-0.39, 0.29) is 31.4 Å². The summed E-state index contributed by atoms with van der Waals surface area (Å²) in [6, 6.07) is 13.9. The number of hydrogen-bond acceptors (Lipinski definition) is 4. The van der Waals surface area contributed by atoms with Crippen LogP contribution in [0.4, 0.5) is 0 Å². The first kappa shape index (κ1) is 26.2. The van der Waals surface area contributed by atoms with E-state index < -0.39 is 11.2 Å². The lowest BCUT2D eigenvalue weighted by atomic mass is 10.2. The van der Waals surface area contributed by atoms with E-state index in [1.54, 1.807) is 36.4 Å². The normalized spacial score (nSPS) is 11.1. The van der Waals surface area contributed by atoms with Crippen molar-refractivity contribution in [3.8, 4) is 0 Å². The lowest BCUT2D eigenvalue weighted by Gasteiger charge is -2.14. The number of nitrogens with zero attached hydrogens (tertiary/aromatic N) is 2. The van der Waals surface area contributed by atoms with Gasteiger partial charge in [-0.2, -0.15) is 0 Å². The van der Waals surface area contributed by atoms with Gasteiger partial charge in [-0.3, -0.25) is 23.5 Å². The number of amides is 2. The molecule has 0 aliphatic heterocycles. The number of fused-ring (bicyclic) bond motifs is 1. The average Bonchev–Trinajstić information content (AvgIpc) is 2.84. The SMILES string of the molecule is CC(C)CNC(=O)CCCCn1c(=O)c2ccccc2n(CC(=O)NCc2ccccc2Cl)c1=O. The monoisotopic (exact) mass is 498 g/mol. The van der Waals surface area contributed by atoms with Crippen molar-refractivity contribution in [2.75, 3.05) is 6.54 Å². The molecule has 1 heterocycles. The van der Waals surface area contributed by atoms with Gasteiger partial charge in [0.2, 0.25) is 11.8 Å². The van der Waals surface area contributed by atoms with Crippen molar-refractivity contribution in [1.29, 1.82) is 0 Å². The smallest absolute Gasteiger partial charge is 0.331 e. The molecule has 0 aliphatic carbocycles. The predicted octanol–water partition coefficient (Wildman–Crippen LogP) is 3.08. The van der Waals surface area contributed by atoms with Crippen molar-refractivity contribution < 1.29 is 9.59 Å². The van der Waals surface area contributed by atoms with Crippen molar-refractivity contribution in [2.24, 2.45) is 5.92 Å². The van der Waals surface area contributed by atoms with E-state index in [4.69, 9.17) is 11.6 Å². The number of carbonyl (C=O) groups is 2. The second-order valence-corrected chi connectivity index (χ2v) is 9.27. The second-order valence-electron chi connectivity index (χ2n) is 8.87. The molecule has 0 aliphatic rings. The number of para-hydroxylation sites is 1. The van der Waals surface area contributed by atoms with Gasteiger partial charge in [0, 0.05) is 31.1 Å². The zero-order valence-electron chi connectivity index (χ0n) is 20.1. The highest BCUT2D eigenvalue weighted by atomic mass is 35.5. The third-order valence-electron chi connectivity index (χ3n) is 5.61. The second kappa shape index (κ2) is 12.4. The van der Waals surface area contributed by atoms with Crippen LogP contribution in [0.5, 0.6) is 0 Å². The van der Waals surface area contributed by atoms with Gasteiger partial charge >= 0.3 is 5.69 Å². The molecule has 186 valence electrons. The Hall–Kier alpha value is -3.39. The first-order valence-electron chi connectivity index (χ1n) is 11.8. The molecule has 0 radical (unpaired) electrons. The topological polar surface area (TPSA) is 102 Å². The molecule has 8 nitrogen and oxygen atoms in total. The zero-order valence-corrected chi connectivity index (χ0v) is 20.8. The molecule has 9 heteroatoms. The Morgan fingerprint density at radius 2 is 1.63 bits per heavy atom. The minimum atomic E-state index is -0.550. The molecule has 2 amide bonds. The minimum Gasteiger partial charge on any atom is -0.356 e. The number of nitrogens with one attached hydrogen (secondary N) is 2. The van der Waals surface area contributed by atoms with Crippen LogP contribution >= 0.6 is 11.6 Å². The van der Waals surface area contributed by atoms with E-state index in [0.29, 0.717) is 47.7 Å². The summed E-state index contributed by atoms with van der Waals surface area (Å²) >= 11 is 6.15. The van der Waals surface area contributed by atoms with Crippen LogP contribution in [0.3, 0.4) is 0 Å². The maximum atomic E-state index is 13.2. The molecule has 0 fully saturated rings.